The molecule has 3 heteroatoms. The Morgan fingerprint density at radius 3 is 2.04 bits per heavy atom. The molecule has 23 heavy (non-hydrogen) atoms. The first-order valence-corrected chi connectivity index (χ1v) is 8.09. The minimum Gasteiger partial charge on any atom is -0.489 e. The maximum Gasteiger partial charge on any atom is 0.193 e. The van der Waals surface area contributed by atoms with Crippen LogP contribution in [0.1, 0.15) is 21.5 Å². The first-order chi connectivity index (χ1) is 11.2. The molecule has 0 aromatic heterocycles. The Morgan fingerprint density at radius 2 is 1.39 bits per heavy atom. The second kappa shape index (κ2) is 7.25. The molecule has 0 bridgehead atoms. The third kappa shape index (κ3) is 4.08. The third-order valence-corrected chi connectivity index (χ3v) is 4.00. The van der Waals surface area contributed by atoms with E-state index >= 15 is 0 Å². The van der Waals surface area contributed by atoms with E-state index in [4.69, 9.17) is 4.74 Å². The predicted octanol–water partition coefficient (Wildman–Crippen LogP) is 5.26. The molecule has 0 aliphatic rings. The summed E-state index contributed by atoms with van der Waals surface area (Å²) in [7, 11) is 0. The predicted molar refractivity (Wildman–Crippen MR) is 94.8 cm³/mol. The van der Waals surface area contributed by atoms with Crippen molar-refractivity contribution >= 4 is 21.7 Å². The average Bonchev–Trinajstić information content (AvgIpc) is 2.62. The van der Waals surface area contributed by atoms with E-state index in [9.17, 15) is 4.79 Å². The lowest BCUT2D eigenvalue weighted by atomic mass is 10.0. The van der Waals surface area contributed by atoms with Gasteiger partial charge >= 0.3 is 0 Å². The van der Waals surface area contributed by atoms with E-state index in [2.05, 4.69) is 15.9 Å². The molecule has 0 atom stereocenters. The highest BCUT2D eigenvalue weighted by Crippen LogP contribution is 2.17. The molecule has 0 N–H and O–H groups in total. The molecule has 3 aromatic carbocycles. The summed E-state index contributed by atoms with van der Waals surface area (Å²) in [6.07, 6.45) is 0. The third-order valence-electron chi connectivity index (χ3n) is 3.47. The smallest absolute Gasteiger partial charge is 0.193 e. The van der Waals surface area contributed by atoms with Crippen LogP contribution in [0.15, 0.2) is 83.3 Å². The molecule has 0 saturated heterocycles. The fraction of sp³-hybridized carbons (Fsp3) is 0.0500. The molecule has 3 rings (SSSR count). The lowest BCUT2D eigenvalue weighted by Crippen LogP contribution is -2.01. The van der Waals surface area contributed by atoms with Gasteiger partial charge in [0.05, 0.1) is 0 Å². The number of hydrogen-bond donors (Lipinski definition) is 0. The van der Waals surface area contributed by atoms with E-state index in [1.165, 1.54) is 0 Å². The molecule has 2 nitrogen and oxygen atoms in total. The average molecular weight is 367 g/mol. The van der Waals surface area contributed by atoms with Crippen LogP contribution in [0.2, 0.25) is 0 Å². The lowest BCUT2D eigenvalue weighted by molar-refractivity contribution is 0.103. The molecule has 0 fully saturated rings. The number of benzene rings is 3. The first kappa shape index (κ1) is 15.5. The van der Waals surface area contributed by atoms with Crippen LogP contribution in [0.25, 0.3) is 0 Å². The van der Waals surface area contributed by atoms with Gasteiger partial charge in [-0.1, -0.05) is 58.4 Å². The summed E-state index contributed by atoms with van der Waals surface area (Å²) in [6.45, 7) is 0.499. The Bertz CT molecular complexity index is 778. The van der Waals surface area contributed by atoms with Crippen molar-refractivity contribution in [1.82, 2.24) is 0 Å². The van der Waals surface area contributed by atoms with Gasteiger partial charge in [0, 0.05) is 15.6 Å². The number of ether oxygens (including phenoxy) is 1. The Kier molecular flexibility index (Phi) is 4.89. The molecule has 3 aromatic rings. The minimum absolute atomic E-state index is 0.0186. The summed E-state index contributed by atoms with van der Waals surface area (Å²) in [5, 5.41) is 0. The Labute approximate surface area is 143 Å². The van der Waals surface area contributed by atoms with Gasteiger partial charge in [-0.05, 0) is 42.0 Å². The second-order valence-corrected chi connectivity index (χ2v) is 6.05. The van der Waals surface area contributed by atoms with Crippen molar-refractivity contribution in [2.45, 2.75) is 6.61 Å². The number of ketones is 1. The molecule has 0 aliphatic heterocycles. The van der Waals surface area contributed by atoms with Gasteiger partial charge in [-0.25, -0.2) is 0 Å². The molecule has 0 saturated carbocycles. The second-order valence-electron chi connectivity index (χ2n) is 5.13. The van der Waals surface area contributed by atoms with Gasteiger partial charge < -0.3 is 4.74 Å². The fourth-order valence-corrected chi connectivity index (χ4v) is 2.47. The quantitative estimate of drug-likeness (QED) is 0.575. The van der Waals surface area contributed by atoms with Gasteiger partial charge in [0.15, 0.2) is 5.78 Å². The van der Waals surface area contributed by atoms with Gasteiger partial charge in [-0.3, -0.25) is 4.79 Å². The van der Waals surface area contributed by atoms with E-state index < -0.39 is 0 Å². The first-order valence-electron chi connectivity index (χ1n) is 7.29. The van der Waals surface area contributed by atoms with Crippen molar-refractivity contribution < 1.29 is 9.53 Å². The Hall–Kier alpha value is -2.39. The van der Waals surface area contributed by atoms with Gasteiger partial charge in [-0.15, -0.1) is 0 Å². The fourth-order valence-electron chi connectivity index (χ4n) is 2.21. The SMILES string of the molecule is O=C(c1ccccc1)c1ccc(OCc2ccc(Br)cc2)cc1. The molecular weight excluding hydrogens is 352 g/mol. The number of halogens is 1. The van der Waals surface area contributed by atoms with Crippen molar-refractivity contribution in [3.8, 4) is 5.75 Å². The highest BCUT2D eigenvalue weighted by atomic mass is 79.9. The van der Waals surface area contributed by atoms with Crippen molar-refractivity contribution in [2.75, 3.05) is 0 Å². The minimum atomic E-state index is 0.0186. The van der Waals surface area contributed by atoms with E-state index in [0.29, 0.717) is 17.7 Å². The van der Waals surface area contributed by atoms with E-state index in [0.717, 1.165) is 15.8 Å². The van der Waals surface area contributed by atoms with Crippen LogP contribution in [0, 0.1) is 0 Å². The monoisotopic (exact) mass is 366 g/mol. The summed E-state index contributed by atoms with van der Waals surface area (Å²) < 4.78 is 6.79. The molecule has 114 valence electrons. The number of carbonyl (C=O) groups is 1. The molecule has 0 unspecified atom stereocenters. The summed E-state index contributed by atoms with van der Waals surface area (Å²) >= 11 is 3.41. The van der Waals surface area contributed by atoms with Gasteiger partial charge in [0.1, 0.15) is 12.4 Å². The number of rotatable bonds is 5. The maximum absolute atomic E-state index is 12.3. The zero-order valence-corrected chi connectivity index (χ0v) is 14.0. The van der Waals surface area contributed by atoms with Crippen LogP contribution in [-0.4, -0.2) is 5.78 Å². The van der Waals surface area contributed by atoms with Gasteiger partial charge in [-0.2, -0.15) is 0 Å². The van der Waals surface area contributed by atoms with Gasteiger partial charge in [0.25, 0.3) is 0 Å². The van der Waals surface area contributed by atoms with E-state index in [-0.39, 0.29) is 5.78 Å². The lowest BCUT2D eigenvalue weighted by Gasteiger charge is -2.07. The molecule has 0 spiro atoms. The number of carbonyl (C=O) groups excluding carboxylic acids is 1. The topological polar surface area (TPSA) is 26.3 Å². The molecule has 0 aliphatic carbocycles. The Morgan fingerprint density at radius 1 is 0.783 bits per heavy atom. The number of hydrogen-bond acceptors (Lipinski definition) is 2. The highest BCUT2D eigenvalue weighted by molar-refractivity contribution is 9.10. The van der Waals surface area contributed by atoms with Crippen molar-refractivity contribution in [1.29, 1.82) is 0 Å². The van der Waals surface area contributed by atoms with Crippen LogP contribution in [0.4, 0.5) is 0 Å². The van der Waals surface area contributed by atoms with Crippen molar-refractivity contribution in [2.24, 2.45) is 0 Å². The van der Waals surface area contributed by atoms with Crippen LogP contribution in [0.3, 0.4) is 0 Å². The van der Waals surface area contributed by atoms with Gasteiger partial charge in [0.2, 0.25) is 0 Å². The van der Waals surface area contributed by atoms with Crippen molar-refractivity contribution in [3.05, 3.63) is 100 Å². The Balaban J connectivity index is 1.65. The molecular formula is C20H15BrO2. The van der Waals surface area contributed by atoms with Crippen LogP contribution in [-0.2, 0) is 6.61 Å². The summed E-state index contributed by atoms with van der Waals surface area (Å²) in [5.74, 6) is 0.766. The summed E-state index contributed by atoms with van der Waals surface area (Å²) in [5.41, 5.74) is 2.45. The zero-order valence-electron chi connectivity index (χ0n) is 12.4. The molecule has 0 heterocycles. The standard InChI is InChI=1S/C20H15BrO2/c21-18-10-6-15(7-11-18)14-23-19-12-8-17(9-13-19)20(22)16-4-2-1-3-5-16/h1-13H,14H2. The van der Waals surface area contributed by atoms with Crippen molar-refractivity contribution in [3.63, 3.8) is 0 Å². The largest absolute Gasteiger partial charge is 0.489 e. The molecule has 0 radical (unpaired) electrons. The van der Waals surface area contributed by atoms with E-state index in [1.807, 2.05) is 66.7 Å². The van der Waals surface area contributed by atoms with E-state index in [1.54, 1.807) is 12.1 Å². The maximum atomic E-state index is 12.3. The highest BCUT2D eigenvalue weighted by Gasteiger charge is 2.08. The van der Waals surface area contributed by atoms with Crippen LogP contribution < -0.4 is 4.74 Å². The zero-order chi connectivity index (χ0) is 16.1. The van der Waals surface area contributed by atoms with Crippen LogP contribution in [0.5, 0.6) is 5.75 Å². The normalized spacial score (nSPS) is 10.3. The summed E-state index contributed by atoms with van der Waals surface area (Å²) in [4.78, 5) is 12.3. The molecule has 0 amide bonds. The van der Waals surface area contributed by atoms with Crippen LogP contribution >= 0.6 is 15.9 Å². The summed E-state index contributed by atoms with van der Waals surface area (Å²) in [6, 6.07) is 24.5.